The molecule has 1 N–H and O–H groups in total. The Morgan fingerprint density at radius 3 is 2.85 bits per heavy atom. The van der Waals surface area contributed by atoms with Gasteiger partial charge in [0.15, 0.2) is 5.82 Å². The van der Waals surface area contributed by atoms with Gasteiger partial charge in [0.1, 0.15) is 6.04 Å². The topological polar surface area (TPSA) is 80.1 Å². The number of hydrogen-bond donors (Lipinski definition) is 1. The summed E-state index contributed by atoms with van der Waals surface area (Å²) >= 11 is 1.39. The molecule has 0 bridgehead atoms. The average molecular weight is 367 g/mol. The quantitative estimate of drug-likeness (QED) is 0.769. The van der Waals surface area contributed by atoms with Crippen LogP contribution in [0.5, 0.6) is 0 Å². The van der Waals surface area contributed by atoms with Gasteiger partial charge >= 0.3 is 0 Å². The van der Waals surface area contributed by atoms with Gasteiger partial charge in [-0.05, 0) is 42.5 Å². The Balaban J connectivity index is 1.44. The fraction of sp³-hybridized carbons (Fsp3) is 0.222. The molecule has 1 aliphatic rings. The molecule has 0 saturated carbocycles. The van der Waals surface area contributed by atoms with Gasteiger partial charge in [-0.15, -0.1) is 11.3 Å². The Bertz CT molecular complexity index is 890. The smallest absolute Gasteiger partial charge is 0.264 e. The molecule has 1 atom stereocenters. The standard InChI is InChI=1S/C18H17N5O2S/c24-17(14-4-1-9-22(14)18(25)15-5-2-11-26-15)21-13-6-7-16(19-12-13)23-10-3-8-20-23/h2-3,5-8,10-12,14H,1,4,9H2,(H,21,24). The molecule has 1 unspecified atom stereocenters. The van der Waals surface area contributed by atoms with Crippen molar-refractivity contribution in [3.63, 3.8) is 0 Å². The summed E-state index contributed by atoms with van der Waals surface area (Å²) in [5.41, 5.74) is 0.598. The van der Waals surface area contributed by atoms with Crippen molar-refractivity contribution in [3.05, 3.63) is 59.2 Å². The van der Waals surface area contributed by atoms with E-state index in [0.29, 0.717) is 29.3 Å². The molecule has 1 saturated heterocycles. The molecule has 3 aromatic heterocycles. The van der Waals surface area contributed by atoms with Crippen LogP contribution >= 0.6 is 11.3 Å². The maximum atomic E-state index is 12.7. The second-order valence-corrected chi connectivity index (χ2v) is 6.93. The maximum Gasteiger partial charge on any atom is 0.264 e. The zero-order valence-electron chi connectivity index (χ0n) is 13.9. The van der Waals surface area contributed by atoms with E-state index in [1.165, 1.54) is 11.3 Å². The number of aromatic nitrogens is 3. The fourth-order valence-electron chi connectivity index (χ4n) is 3.05. The van der Waals surface area contributed by atoms with E-state index in [2.05, 4.69) is 15.4 Å². The largest absolute Gasteiger partial charge is 0.326 e. The first kappa shape index (κ1) is 16.5. The highest BCUT2D eigenvalue weighted by Crippen LogP contribution is 2.23. The lowest BCUT2D eigenvalue weighted by atomic mass is 10.2. The maximum absolute atomic E-state index is 12.7. The highest BCUT2D eigenvalue weighted by atomic mass is 32.1. The van der Waals surface area contributed by atoms with E-state index in [-0.39, 0.29) is 11.8 Å². The van der Waals surface area contributed by atoms with Gasteiger partial charge < -0.3 is 10.2 Å². The third-order valence-corrected chi connectivity index (χ3v) is 5.16. The minimum atomic E-state index is -0.449. The zero-order valence-corrected chi connectivity index (χ0v) is 14.7. The lowest BCUT2D eigenvalue weighted by Gasteiger charge is -2.23. The molecule has 0 aromatic carbocycles. The summed E-state index contributed by atoms with van der Waals surface area (Å²) in [5, 5.41) is 8.85. The van der Waals surface area contributed by atoms with E-state index in [1.54, 1.807) is 46.4 Å². The summed E-state index contributed by atoms with van der Waals surface area (Å²) in [7, 11) is 0. The number of anilines is 1. The van der Waals surface area contributed by atoms with Crippen LogP contribution < -0.4 is 5.32 Å². The van der Waals surface area contributed by atoms with Gasteiger partial charge in [-0.3, -0.25) is 9.59 Å². The van der Waals surface area contributed by atoms with E-state index < -0.39 is 6.04 Å². The molecular formula is C18H17N5O2S. The third-order valence-electron chi connectivity index (χ3n) is 4.30. The first-order valence-electron chi connectivity index (χ1n) is 8.34. The SMILES string of the molecule is O=C(Nc1ccc(-n2cccn2)nc1)C1CCCN1C(=O)c1cccs1. The van der Waals surface area contributed by atoms with Crippen molar-refractivity contribution in [2.75, 3.05) is 11.9 Å². The Kier molecular flexibility index (Phi) is 4.49. The van der Waals surface area contributed by atoms with E-state index >= 15 is 0 Å². The first-order chi connectivity index (χ1) is 12.7. The molecule has 3 aromatic rings. The number of carbonyl (C=O) groups excluding carboxylic acids is 2. The predicted molar refractivity (Wildman–Crippen MR) is 98.4 cm³/mol. The molecule has 8 heteroatoms. The second-order valence-electron chi connectivity index (χ2n) is 5.98. The Morgan fingerprint density at radius 2 is 2.15 bits per heavy atom. The van der Waals surface area contributed by atoms with Crippen molar-refractivity contribution in [1.29, 1.82) is 0 Å². The summed E-state index contributed by atoms with van der Waals surface area (Å²) in [4.78, 5) is 31.9. The fourth-order valence-corrected chi connectivity index (χ4v) is 3.73. The minimum absolute atomic E-state index is 0.0789. The van der Waals surface area contributed by atoms with Gasteiger partial charge in [0.05, 0.1) is 16.8 Å². The molecule has 0 spiro atoms. The highest BCUT2D eigenvalue weighted by Gasteiger charge is 2.34. The normalized spacial score (nSPS) is 16.6. The molecule has 7 nitrogen and oxygen atoms in total. The molecule has 26 heavy (non-hydrogen) atoms. The van der Waals surface area contributed by atoms with Gasteiger partial charge in [0.2, 0.25) is 5.91 Å². The van der Waals surface area contributed by atoms with Crippen LogP contribution in [0.1, 0.15) is 22.5 Å². The molecule has 4 rings (SSSR count). The van der Waals surface area contributed by atoms with Crippen molar-refractivity contribution in [3.8, 4) is 5.82 Å². The van der Waals surface area contributed by atoms with Gasteiger partial charge in [0.25, 0.3) is 5.91 Å². The van der Waals surface area contributed by atoms with Crippen molar-refractivity contribution in [1.82, 2.24) is 19.7 Å². The van der Waals surface area contributed by atoms with E-state index in [0.717, 1.165) is 6.42 Å². The van der Waals surface area contributed by atoms with Crippen molar-refractivity contribution in [2.24, 2.45) is 0 Å². The Labute approximate surface area is 154 Å². The molecule has 1 aliphatic heterocycles. The van der Waals surface area contributed by atoms with Crippen LogP contribution in [0.25, 0.3) is 5.82 Å². The van der Waals surface area contributed by atoms with Gasteiger partial charge in [-0.25, -0.2) is 9.67 Å². The minimum Gasteiger partial charge on any atom is -0.326 e. The van der Waals surface area contributed by atoms with E-state index in [9.17, 15) is 9.59 Å². The number of nitrogens with one attached hydrogen (secondary N) is 1. The van der Waals surface area contributed by atoms with Crippen molar-refractivity contribution in [2.45, 2.75) is 18.9 Å². The first-order valence-corrected chi connectivity index (χ1v) is 9.22. The van der Waals surface area contributed by atoms with Crippen LogP contribution in [0.15, 0.2) is 54.3 Å². The number of hydrogen-bond acceptors (Lipinski definition) is 5. The summed E-state index contributed by atoms with van der Waals surface area (Å²) in [6.45, 7) is 0.602. The number of pyridine rings is 1. The summed E-state index contributed by atoms with van der Waals surface area (Å²) in [6, 6.07) is 8.56. The van der Waals surface area contributed by atoms with Crippen molar-refractivity contribution < 1.29 is 9.59 Å². The lowest BCUT2D eigenvalue weighted by molar-refractivity contribution is -0.119. The second kappa shape index (κ2) is 7.09. The average Bonchev–Trinajstić information content (AvgIpc) is 3.44. The predicted octanol–water partition coefficient (Wildman–Crippen LogP) is 2.57. The summed E-state index contributed by atoms with van der Waals surface area (Å²) < 4.78 is 1.64. The molecule has 4 heterocycles. The van der Waals surface area contributed by atoms with Crippen LogP contribution in [-0.4, -0.2) is 44.1 Å². The monoisotopic (exact) mass is 367 g/mol. The van der Waals surface area contributed by atoms with Crippen LogP contribution in [0.4, 0.5) is 5.69 Å². The van der Waals surface area contributed by atoms with Gasteiger partial charge in [0, 0.05) is 18.9 Å². The lowest BCUT2D eigenvalue weighted by Crippen LogP contribution is -2.42. The third kappa shape index (κ3) is 3.23. The molecule has 2 amide bonds. The van der Waals surface area contributed by atoms with Crippen molar-refractivity contribution >= 4 is 28.8 Å². The van der Waals surface area contributed by atoms with Gasteiger partial charge in [-0.2, -0.15) is 5.10 Å². The van der Waals surface area contributed by atoms with E-state index in [4.69, 9.17) is 0 Å². The summed E-state index contributed by atoms with van der Waals surface area (Å²) in [6.07, 6.45) is 6.56. The van der Waals surface area contributed by atoms with Crippen LogP contribution in [0, 0.1) is 0 Å². The Hall–Kier alpha value is -3.00. The zero-order chi connectivity index (χ0) is 17.9. The Morgan fingerprint density at radius 1 is 1.23 bits per heavy atom. The summed E-state index contributed by atoms with van der Waals surface area (Å²) in [5.74, 6) is 0.411. The molecule has 1 fully saturated rings. The number of carbonyl (C=O) groups is 2. The van der Waals surface area contributed by atoms with E-state index in [1.807, 2.05) is 17.5 Å². The number of nitrogens with zero attached hydrogens (tertiary/aromatic N) is 4. The molecule has 0 aliphatic carbocycles. The molecule has 0 radical (unpaired) electrons. The van der Waals surface area contributed by atoms with Crippen LogP contribution in [0.2, 0.25) is 0 Å². The van der Waals surface area contributed by atoms with Crippen LogP contribution in [0.3, 0.4) is 0 Å². The number of amides is 2. The van der Waals surface area contributed by atoms with Gasteiger partial charge in [-0.1, -0.05) is 6.07 Å². The molecule has 132 valence electrons. The number of thiophene rings is 1. The molecular weight excluding hydrogens is 350 g/mol. The highest BCUT2D eigenvalue weighted by molar-refractivity contribution is 7.12. The number of rotatable bonds is 4. The number of likely N-dealkylation sites (tertiary alicyclic amines) is 1. The van der Waals surface area contributed by atoms with Crippen LogP contribution in [-0.2, 0) is 4.79 Å².